The Morgan fingerprint density at radius 2 is 1.24 bits per heavy atom. The molecule has 0 spiro atoms. The van der Waals surface area contributed by atoms with Crippen LogP contribution >= 0.6 is 7.82 Å². The zero-order valence-electron chi connectivity index (χ0n) is 29.6. The molecular formula is C36H69N2O6P. The summed E-state index contributed by atoms with van der Waals surface area (Å²) in [6.07, 6.45) is 31.9. The molecule has 8 nitrogen and oxygen atoms in total. The van der Waals surface area contributed by atoms with Crippen molar-refractivity contribution < 1.29 is 32.9 Å². The molecule has 0 bridgehead atoms. The Morgan fingerprint density at radius 1 is 0.756 bits per heavy atom. The molecule has 0 saturated carbocycles. The SMILES string of the molecule is CCC/C=C/CC/C=C/CC/C=C/C(O)C(COP(=O)([O-])OCC[N+](C)(C)C)NC(=O)CCCCCCCCCCCCCC. The molecule has 0 fully saturated rings. The molecule has 0 aliphatic carbocycles. The van der Waals surface area contributed by atoms with Crippen molar-refractivity contribution in [2.24, 2.45) is 0 Å². The monoisotopic (exact) mass is 656 g/mol. The topological polar surface area (TPSA) is 108 Å². The highest BCUT2D eigenvalue weighted by molar-refractivity contribution is 7.45. The van der Waals surface area contributed by atoms with E-state index in [1.807, 2.05) is 27.2 Å². The van der Waals surface area contributed by atoms with Crippen LogP contribution in [-0.4, -0.2) is 68.5 Å². The fourth-order valence-electron chi connectivity index (χ4n) is 4.66. The number of aliphatic hydroxyl groups is 1. The molecule has 3 unspecified atom stereocenters. The predicted molar refractivity (Wildman–Crippen MR) is 187 cm³/mol. The van der Waals surface area contributed by atoms with Crippen molar-refractivity contribution in [3.05, 3.63) is 36.5 Å². The van der Waals surface area contributed by atoms with Crippen LogP contribution in [0.2, 0.25) is 0 Å². The van der Waals surface area contributed by atoms with E-state index in [1.54, 1.807) is 6.08 Å². The molecule has 264 valence electrons. The van der Waals surface area contributed by atoms with Gasteiger partial charge in [-0.15, -0.1) is 0 Å². The van der Waals surface area contributed by atoms with Crippen molar-refractivity contribution in [3.63, 3.8) is 0 Å². The van der Waals surface area contributed by atoms with Crippen LogP contribution in [0.4, 0.5) is 0 Å². The van der Waals surface area contributed by atoms with E-state index in [9.17, 15) is 19.4 Å². The second kappa shape index (κ2) is 28.9. The molecule has 0 aromatic rings. The van der Waals surface area contributed by atoms with Gasteiger partial charge < -0.3 is 28.8 Å². The number of hydrogen-bond donors (Lipinski definition) is 2. The van der Waals surface area contributed by atoms with Crippen molar-refractivity contribution in [2.45, 2.75) is 148 Å². The zero-order valence-corrected chi connectivity index (χ0v) is 30.5. The van der Waals surface area contributed by atoms with Gasteiger partial charge in [-0.1, -0.05) is 127 Å². The number of allylic oxidation sites excluding steroid dienone is 5. The molecule has 0 heterocycles. The minimum absolute atomic E-state index is 0.00867. The van der Waals surface area contributed by atoms with Crippen LogP contribution in [0.3, 0.4) is 0 Å². The summed E-state index contributed by atoms with van der Waals surface area (Å²) in [4.78, 5) is 25.0. The summed E-state index contributed by atoms with van der Waals surface area (Å²) >= 11 is 0. The first kappa shape index (κ1) is 43.7. The maximum absolute atomic E-state index is 12.7. The van der Waals surface area contributed by atoms with E-state index in [0.717, 1.165) is 51.4 Å². The van der Waals surface area contributed by atoms with Gasteiger partial charge in [0.2, 0.25) is 5.91 Å². The molecule has 0 saturated heterocycles. The third-order valence-electron chi connectivity index (χ3n) is 7.56. The molecule has 0 aliphatic heterocycles. The van der Waals surface area contributed by atoms with Gasteiger partial charge in [0.15, 0.2) is 0 Å². The van der Waals surface area contributed by atoms with E-state index in [2.05, 4.69) is 43.5 Å². The molecule has 0 radical (unpaired) electrons. The Hall–Kier alpha value is -1.28. The van der Waals surface area contributed by atoms with Crippen molar-refractivity contribution in [1.29, 1.82) is 0 Å². The highest BCUT2D eigenvalue weighted by atomic mass is 31.2. The molecule has 9 heteroatoms. The highest BCUT2D eigenvalue weighted by Crippen LogP contribution is 2.38. The lowest BCUT2D eigenvalue weighted by Gasteiger charge is -2.29. The number of rotatable bonds is 31. The number of carbonyl (C=O) groups excluding carboxylic acids is 1. The van der Waals surface area contributed by atoms with Crippen LogP contribution in [0.5, 0.6) is 0 Å². The van der Waals surface area contributed by atoms with E-state index in [0.29, 0.717) is 17.4 Å². The fourth-order valence-corrected chi connectivity index (χ4v) is 5.38. The van der Waals surface area contributed by atoms with E-state index in [1.165, 1.54) is 64.2 Å². The third-order valence-corrected chi connectivity index (χ3v) is 8.53. The lowest BCUT2D eigenvalue weighted by molar-refractivity contribution is -0.870. The Kier molecular flexibility index (Phi) is 28.1. The van der Waals surface area contributed by atoms with E-state index in [-0.39, 0.29) is 12.5 Å². The van der Waals surface area contributed by atoms with Crippen LogP contribution in [0.15, 0.2) is 36.5 Å². The smallest absolute Gasteiger partial charge is 0.268 e. The number of nitrogens with zero attached hydrogens (tertiary/aromatic N) is 1. The Morgan fingerprint density at radius 3 is 1.76 bits per heavy atom. The number of carbonyl (C=O) groups is 1. The van der Waals surface area contributed by atoms with E-state index < -0.39 is 26.6 Å². The second-order valence-electron chi connectivity index (χ2n) is 13.2. The van der Waals surface area contributed by atoms with Gasteiger partial charge in [0.05, 0.1) is 39.9 Å². The standard InChI is InChI=1S/C36H69N2O6P/c1-6-8-10-12-14-16-18-20-22-24-26-28-30-36(40)37-34(33-44-45(41,42)43-32-31-38(3,4)5)35(39)29-27-25-23-21-19-17-15-13-11-9-7-2/h11,13,19,21,27,29,34-35,39H,6-10,12,14-18,20,22-26,28,30-33H2,1-5H3,(H-,37,40,41,42)/b13-11+,21-19+,29-27+. The van der Waals surface area contributed by atoms with Gasteiger partial charge in [-0.3, -0.25) is 9.36 Å². The summed E-state index contributed by atoms with van der Waals surface area (Å²) < 4.78 is 23.0. The number of hydrogen-bond acceptors (Lipinski definition) is 6. The molecule has 0 rings (SSSR count). The first-order valence-corrected chi connectivity index (χ1v) is 19.3. The van der Waals surface area contributed by atoms with Crippen molar-refractivity contribution in [1.82, 2.24) is 5.32 Å². The molecule has 0 aromatic heterocycles. The summed E-state index contributed by atoms with van der Waals surface area (Å²) in [5.74, 6) is -0.217. The lowest BCUT2D eigenvalue weighted by atomic mass is 10.0. The third kappa shape index (κ3) is 31.1. The first-order chi connectivity index (χ1) is 21.5. The Balaban J connectivity index is 4.65. The van der Waals surface area contributed by atoms with Gasteiger partial charge in [0.25, 0.3) is 7.82 Å². The Labute approximate surface area is 276 Å². The van der Waals surface area contributed by atoms with Gasteiger partial charge in [-0.25, -0.2) is 0 Å². The average Bonchev–Trinajstić information content (AvgIpc) is 2.97. The van der Waals surface area contributed by atoms with Crippen molar-refractivity contribution >= 4 is 13.7 Å². The summed E-state index contributed by atoms with van der Waals surface area (Å²) in [5, 5.41) is 13.6. The van der Waals surface area contributed by atoms with Gasteiger partial charge in [-0.2, -0.15) is 0 Å². The van der Waals surface area contributed by atoms with Crippen LogP contribution in [0.25, 0.3) is 0 Å². The summed E-state index contributed by atoms with van der Waals surface area (Å²) in [6, 6.07) is -0.902. The van der Waals surface area contributed by atoms with Gasteiger partial charge >= 0.3 is 0 Å². The lowest BCUT2D eigenvalue weighted by Crippen LogP contribution is -2.45. The largest absolute Gasteiger partial charge is 0.756 e. The van der Waals surface area contributed by atoms with Crippen LogP contribution < -0.4 is 10.2 Å². The van der Waals surface area contributed by atoms with Gasteiger partial charge in [0, 0.05) is 6.42 Å². The fraction of sp³-hybridized carbons (Fsp3) is 0.806. The number of nitrogens with one attached hydrogen (secondary N) is 1. The zero-order chi connectivity index (χ0) is 33.7. The van der Waals surface area contributed by atoms with Crippen LogP contribution in [0.1, 0.15) is 136 Å². The Bertz CT molecular complexity index is 840. The molecule has 0 aromatic carbocycles. The second-order valence-corrected chi connectivity index (χ2v) is 14.6. The minimum atomic E-state index is -4.58. The van der Waals surface area contributed by atoms with E-state index in [4.69, 9.17) is 9.05 Å². The normalized spacial score (nSPS) is 15.3. The van der Waals surface area contributed by atoms with Crippen molar-refractivity contribution in [3.8, 4) is 0 Å². The summed E-state index contributed by atoms with van der Waals surface area (Å²) in [6.45, 7) is 4.50. The minimum Gasteiger partial charge on any atom is -0.756 e. The van der Waals surface area contributed by atoms with E-state index >= 15 is 0 Å². The molecule has 2 N–H and O–H groups in total. The number of unbranched alkanes of at least 4 members (excludes halogenated alkanes) is 14. The molecule has 45 heavy (non-hydrogen) atoms. The molecular weight excluding hydrogens is 587 g/mol. The summed E-state index contributed by atoms with van der Waals surface area (Å²) in [5.41, 5.74) is 0. The number of quaternary nitrogens is 1. The average molecular weight is 657 g/mol. The maximum Gasteiger partial charge on any atom is 0.268 e. The molecule has 3 atom stereocenters. The van der Waals surface area contributed by atoms with Crippen molar-refractivity contribution in [2.75, 3.05) is 40.9 Å². The first-order valence-electron chi connectivity index (χ1n) is 17.9. The van der Waals surface area contributed by atoms with Crippen LogP contribution in [0, 0.1) is 0 Å². The number of likely N-dealkylation sites (N-methyl/N-ethyl adjacent to an activating group) is 1. The quantitative estimate of drug-likeness (QED) is 0.0337. The van der Waals surface area contributed by atoms with Gasteiger partial charge in [0.1, 0.15) is 13.2 Å². The van der Waals surface area contributed by atoms with Crippen LogP contribution in [-0.2, 0) is 18.4 Å². The predicted octanol–water partition coefficient (Wildman–Crippen LogP) is 8.16. The number of aliphatic hydroxyl groups excluding tert-OH is 1. The van der Waals surface area contributed by atoms with Gasteiger partial charge in [-0.05, 0) is 38.5 Å². The number of phosphoric ester groups is 1. The summed E-state index contributed by atoms with van der Waals surface area (Å²) in [7, 11) is 1.23. The number of phosphoric acid groups is 1. The highest BCUT2D eigenvalue weighted by Gasteiger charge is 2.23. The maximum atomic E-state index is 12.7. The molecule has 0 aliphatic rings. The number of amides is 1. The molecule has 1 amide bonds.